The third-order valence-corrected chi connectivity index (χ3v) is 6.72. The molecule has 3 aromatic rings. The number of rotatable bonds is 4. The third-order valence-electron chi connectivity index (χ3n) is 4.44. The fourth-order valence-corrected chi connectivity index (χ4v) is 5.30. The van der Waals surface area contributed by atoms with Crippen LogP contribution in [0.1, 0.15) is 32.1 Å². The third kappa shape index (κ3) is 3.26. The van der Waals surface area contributed by atoms with Crippen LogP contribution in [0, 0.1) is 0 Å². The van der Waals surface area contributed by atoms with Crippen molar-refractivity contribution in [2.24, 2.45) is 0 Å². The van der Waals surface area contributed by atoms with Gasteiger partial charge in [0.05, 0.1) is 16.0 Å². The van der Waals surface area contributed by atoms with Crippen molar-refractivity contribution in [1.82, 2.24) is 15.3 Å². The highest BCUT2D eigenvalue weighted by atomic mass is 32.2. The van der Waals surface area contributed by atoms with E-state index in [0.29, 0.717) is 11.8 Å². The molecule has 0 saturated heterocycles. The molecule has 0 bridgehead atoms. The quantitative estimate of drug-likeness (QED) is 0.556. The van der Waals surface area contributed by atoms with E-state index >= 15 is 0 Å². The Morgan fingerprint density at radius 1 is 1.21 bits per heavy atom. The van der Waals surface area contributed by atoms with Crippen LogP contribution < -0.4 is 5.32 Å². The normalized spacial score (nSPS) is 15.8. The Bertz CT molecular complexity index is 871. The van der Waals surface area contributed by atoms with Gasteiger partial charge in [-0.1, -0.05) is 49.2 Å². The van der Waals surface area contributed by atoms with Crippen LogP contribution in [0.25, 0.3) is 20.3 Å². The zero-order valence-electron chi connectivity index (χ0n) is 13.3. The van der Waals surface area contributed by atoms with Crippen LogP contribution >= 0.6 is 23.1 Å². The predicted molar refractivity (Wildman–Crippen MR) is 101 cm³/mol. The average Bonchev–Trinajstić information content (AvgIpc) is 3.00. The maximum absolute atomic E-state index is 12.2. The molecule has 2 heterocycles. The molecule has 1 amide bonds. The van der Waals surface area contributed by atoms with Gasteiger partial charge in [0.15, 0.2) is 0 Å². The van der Waals surface area contributed by atoms with Gasteiger partial charge in [-0.05, 0) is 18.9 Å². The van der Waals surface area contributed by atoms with Crippen molar-refractivity contribution < 1.29 is 4.79 Å². The lowest BCUT2D eigenvalue weighted by atomic mass is 9.95. The first kappa shape index (κ1) is 15.8. The Balaban J connectivity index is 1.49. The molecule has 1 N–H and O–H groups in total. The van der Waals surface area contributed by atoms with Crippen LogP contribution in [0.3, 0.4) is 0 Å². The van der Waals surface area contributed by atoms with Gasteiger partial charge < -0.3 is 5.32 Å². The minimum atomic E-state index is 0.111. The van der Waals surface area contributed by atoms with Crippen molar-refractivity contribution >= 4 is 49.3 Å². The van der Waals surface area contributed by atoms with Gasteiger partial charge in [0.1, 0.15) is 11.4 Å². The van der Waals surface area contributed by atoms with E-state index in [-0.39, 0.29) is 5.91 Å². The Morgan fingerprint density at radius 2 is 2.04 bits per heavy atom. The Labute approximate surface area is 149 Å². The van der Waals surface area contributed by atoms with E-state index in [2.05, 4.69) is 27.4 Å². The Hall–Kier alpha value is -1.66. The summed E-state index contributed by atoms with van der Waals surface area (Å²) in [6.45, 7) is 0. The van der Waals surface area contributed by atoms with Gasteiger partial charge in [0.2, 0.25) is 5.91 Å². The van der Waals surface area contributed by atoms with Crippen LogP contribution in [0.15, 0.2) is 35.6 Å². The molecule has 1 aromatic carbocycles. The molecule has 124 valence electrons. The van der Waals surface area contributed by atoms with Crippen molar-refractivity contribution in [2.45, 2.75) is 43.2 Å². The van der Waals surface area contributed by atoms with Gasteiger partial charge in [0.25, 0.3) is 0 Å². The van der Waals surface area contributed by atoms with Crippen LogP contribution in [0.2, 0.25) is 0 Å². The van der Waals surface area contributed by atoms with Gasteiger partial charge in [-0.25, -0.2) is 9.97 Å². The molecule has 0 unspecified atom stereocenters. The van der Waals surface area contributed by atoms with Crippen molar-refractivity contribution in [3.63, 3.8) is 0 Å². The molecule has 1 saturated carbocycles. The minimum absolute atomic E-state index is 0.111. The van der Waals surface area contributed by atoms with Crippen LogP contribution in [0.4, 0.5) is 0 Å². The second-order valence-electron chi connectivity index (χ2n) is 6.15. The number of aromatic nitrogens is 2. The zero-order valence-corrected chi connectivity index (χ0v) is 15.0. The zero-order chi connectivity index (χ0) is 16.4. The summed E-state index contributed by atoms with van der Waals surface area (Å²) >= 11 is 3.21. The molecule has 0 aliphatic heterocycles. The molecule has 1 aliphatic carbocycles. The lowest BCUT2D eigenvalue weighted by Gasteiger charge is -2.22. The number of carbonyl (C=O) groups excluding carboxylic acids is 1. The van der Waals surface area contributed by atoms with E-state index in [4.69, 9.17) is 0 Å². The first-order valence-corrected chi connectivity index (χ1v) is 10.2. The first-order chi connectivity index (χ1) is 11.8. The maximum atomic E-state index is 12.2. The largest absolute Gasteiger partial charge is 0.353 e. The number of nitrogens with one attached hydrogen (secondary N) is 1. The standard InChI is InChI=1S/C18H19N3OS2/c22-15(21-12-6-2-1-3-7-12)10-23-18-17-16(19-11-20-18)13-8-4-5-9-14(13)24-17/h4-5,8-9,11-12H,1-3,6-7,10H2,(H,21,22). The lowest BCUT2D eigenvalue weighted by molar-refractivity contribution is -0.119. The maximum Gasteiger partial charge on any atom is 0.230 e. The SMILES string of the molecule is O=C(CSc1ncnc2c1sc1ccccc12)NC1CCCCC1. The molecule has 0 atom stereocenters. The predicted octanol–water partition coefficient (Wildman–Crippen LogP) is 4.39. The molecule has 1 fully saturated rings. The lowest BCUT2D eigenvalue weighted by Crippen LogP contribution is -2.37. The minimum Gasteiger partial charge on any atom is -0.353 e. The van der Waals surface area contributed by atoms with Crippen molar-refractivity contribution in [3.05, 3.63) is 30.6 Å². The fourth-order valence-electron chi connectivity index (χ4n) is 3.26. The fraction of sp³-hybridized carbons (Fsp3) is 0.389. The topological polar surface area (TPSA) is 54.9 Å². The molecular weight excluding hydrogens is 338 g/mol. The summed E-state index contributed by atoms with van der Waals surface area (Å²) < 4.78 is 2.29. The van der Waals surface area contributed by atoms with E-state index in [9.17, 15) is 4.79 Å². The summed E-state index contributed by atoms with van der Waals surface area (Å²) in [5.74, 6) is 0.524. The summed E-state index contributed by atoms with van der Waals surface area (Å²) in [5, 5.41) is 5.23. The van der Waals surface area contributed by atoms with Gasteiger partial charge >= 0.3 is 0 Å². The first-order valence-electron chi connectivity index (χ1n) is 8.35. The van der Waals surface area contributed by atoms with E-state index in [0.717, 1.165) is 33.5 Å². The number of amides is 1. The van der Waals surface area contributed by atoms with E-state index in [1.165, 1.54) is 35.7 Å². The second-order valence-corrected chi connectivity index (χ2v) is 8.16. The van der Waals surface area contributed by atoms with E-state index < -0.39 is 0 Å². The number of thiophene rings is 1. The molecule has 4 nitrogen and oxygen atoms in total. The highest BCUT2D eigenvalue weighted by Gasteiger charge is 2.17. The van der Waals surface area contributed by atoms with Gasteiger partial charge in [0, 0.05) is 16.1 Å². The molecule has 0 spiro atoms. The summed E-state index contributed by atoms with van der Waals surface area (Å²) in [6, 6.07) is 8.62. The summed E-state index contributed by atoms with van der Waals surface area (Å²) in [5.41, 5.74) is 0.987. The molecule has 24 heavy (non-hydrogen) atoms. The number of benzene rings is 1. The molecule has 1 aliphatic rings. The van der Waals surface area contributed by atoms with Crippen molar-refractivity contribution in [3.8, 4) is 0 Å². The monoisotopic (exact) mass is 357 g/mol. The van der Waals surface area contributed by atoms with Crippen molar-refractivity contribution in [1.29, 1.82) is 0 Å². The number of carbonyl (C=O) groups is 1. The van der Waals surface area contributed by atoms with Gasteiger partial charge in [-0.3, -0.25) is 4.79 Å². The number of hydrogen-bond donors (Lipinski definition) is 1. The van der Waals surface area contributed by atoms with E-state index in [1.54, 1.807) is 17.7 Å². The highest BCUT2D eigenvalue weighted by Crippen LogP contribution is 2.36. The van der Waals surface area contributed by atoms with E-state index in [1.807, 2.05) is 12.1 Å². The number of nitrogens with zero attached hydrogens (tertiary/aromatic N) is 2. The Morgan fingerprint density at radius 3 is 2.92 bits per heavy atom. The summed E-state index contributed by atoms with van der Waals surface area (Å²) in [7, 11) is 0. The molecule has 6 heteroatoms. The number of fused-ring (bicyclic) bond motifs is 3. The molecule has 2 aromatic heterocycles. The molecule has 0 radical (unpaired) electrons. The Kier molecular flexibility index (Phi) is 4.67. The second kappa shape index (κ2) is 7.07. The summed E-state index contributed by atoms with van der Waals surface area (Å²) in [6.07, 6.45) is 7.59. The average molecular weight is 358 g/mol. The van der Waals surface area contributed by atoms with Crippen molar-refractivity contribution in [2.75, 3.05) is 5.75 Å². The van der Waals surface area contributed by atoms with Gasteiger partial charge in [-0.2, -0.15) is 0 Å². The van der Waals surface area contributed by atoms with Gasteiger partial charge in [-0.15, -0.1) is 11.3 Å². The number of thioether (sulfide) groups is 1. The van der Waals surface area contributed by atoms with Crippen LogP contribution in [-0.2, 0) is 4.79 Å². The highest BCUT2D eigenvalue weighted by molar-refractivity contribution is 8.00. The molecular formula is C18H19N3OS2. The van der Waals surface area contributed by atoms with Crippen LogP contribution in [0.5, 0.6) is 0 Å². The van der Waals surface area contributed by atoms with Crippen LogP contribution in [-0.4, -0.2) is 27.7 Å². The molecule has 4 rings (SSSR count). The summed E-state index contributed by atoms with van der Waals surface area (Å²) in [4.78, 5) is 21.1. The number of hydrogen-bond acceptors (Lipinski definition) is 5. The smallest absolute Gasteiger partial charge is 0.230 e.